The minimum atomic E-state index is -5.70. The fourth-order valence-corrected chi connectivity index (χ4v) is 5.65. The average molecular weight is 507 g/mol. The van der Waals surface area contributed by atoms with Gasteiger partial charge in [-0.2, -0.15) is 8.62 Å². The zero-order valence-electron chi connectivity index (χ0n) is 14.9. The van der Waals surface area contributed by atoms with Crippen LogP contribution in [0.5, 0.6) is 0 Å². The van der Waals surface area contributed by atoms with Gasteiger partial charge in [-0.3, -0.25) is 9.09 Å². The molecule has 2 aromatic rings. The van der Waals surface area contributed by atoms with Gasteiger partial charge in [-0.05, 0) is 0 Å². The summed E-state index contributed by atoms with van der Waals surface area (Å²) in [5, 5.41) is 20.4. The summed E-state index contributed by atoms with van der Waals surface area (Å²) in [5.74, 6) is 0.0426. The number of nitrogens with two attached hydrogens (primary N) is 1. The van der Waals surface area contributed by atoms with E-state index in [1.165, 1.54) is 10.9 Å². The van der Waals surface area contributed by atoms with Crippen LogP contribution >= 0.6 is 23.5 Å². The minimum absolute atomic E-state index is 0.0426. The van der Waals surface area contributed by atoms with Crippen molar-refractivity contribution in [2.45, 2.75) is 24.5 Å². The molecule has 0 spiro atoms. The van der Waals surface area contributed by atoms with E-state index in [9.17, 15) is 28.8 Å². The molecule has 1 fully saturated rings. The van der Waals surface area contributed by atoms with Gasteiger partial charge in [0.05, 0.1) is 12.9 Å². The van der Waals surface area contributed by atoms with Crippen molar-refractivity contribution in [3.05, 3.63) is 12.7 Å². The standard InChI is InChI=1S/C10H16N5O13P3/c11-8-5-9(13-2-12-8)15(3-14-5)10-7(17)6(16)4(26-10)1-25-30(21,22)28-31(23,24)27-29(18,19)20/h2-4,6-7,10,16-17H,1H2,(H,21,22)(H,23,24)(H2,11,12,13)(H2,18,19,20)/t4-,6+,7-,10?/m1/s1. The normalized spacial score (nSPS) is 28.5. The summed E-state index contributed by atoms with van der Waals surface area (Å²) in [6, 6.07) is 0. The number of hydrogen-bond donors (Lipinski definition) is 7. The van der Waals surface area contributed by atoms with Crippen LogP contribution < -0.4 is 5.73 Å². The lowest BCUT2D eigenvalue weighted by molar-refractivity contribution is -0.0503. The van der Waals surface area contributed by atoms with Gasteiger partial charge in [-0.15, -0.1) is 0 Å². The maximum Gasteiger partial charge on any atom is 0.490 e. The second-order valence-electron chi connectivity index (χ2n) is 6.02. The Balaban J connectivity index is 1.69. The summed E-state index contributed by atoms with van der Waals surface area (Å²) < 4.78 is 51.9. The summed E-state index contributed by atoms with van der Waals surface area (Å²) in [6.07, 6.45) is -3.69. The Hall–Kier alpha value is -1.36. The number of aliphatic hydroxyl groups excluding tert-OH is 2. The molecule has 0 bridgehead atoms. The first-order valence-corrected chi connectivity index (χ1v) is 12.4. The lowest BCUT2D eigenvalue weighted by Gasteiger charge is -2.19. The van der Waals surface area contributed by atoms with E-state index in [2.05, 4.69) is 28.1 Å². The maximum absolute atomic E-state index is 11.8. The fourth-order valence-electron chi connectivity index (χ4n) is 2.62. The Morgan fingerprint density at radius 2 is 1.71 bits per heavy atom. The van der Waals surface area contributed by atoms with Crippen LogP contribution in [0, 0.1) is 0 Å². The lowest BCUT2D eigenvalue weighted by Crippen LogP contribution is -2.33. The van der Waals surface area contributed by atoms with E-state index in [1.54, 1.807) is 0 Å². The van der Waals surface area contributed by atoms with E-state index in [-0.39, 0.29) is 17.0 Å². The van der Waals surface area contributed by atoms with Crippen molar-refractivity contribution in [2.75, 3.05) is 12.3 Å². The van der Waals surface area contributed by atoms with E-state index in [0.29, 0.717) is 0 Å². The number of anilines is 1. The zero-order valence-corrected chi connectivity index (χ0v) is 17.6. The van der Waals surface area contributed by atoms with Gasteiger partial charge in [-0.25, -0.2) is 28.6 Å². The number of hydrogen-bond acceptors (Lipinski definition) is 13. The summed E-state index contributed by atoms with van der Waals surface area (Å²) >= 11 is 0. The van der Waals surface area contributed by atoms with Crippen molar-refractivity contribution in [1.82, 2.24) is 19.5 Å². The number of nitrogen functional groups attached to an aromatic ring is 1. The van der Waals surface area contributed by atoms with E-state index in [4.69, 9.17) is 25.2 Å². The van der Waals surface area contributed by atoms with Crippen LogP contribution in [-0.2, 0) is 31.6 Å². The molecule has 8 N–H and O–H groups in total. The Bertz CT molecular complexity index is 1100. The van der Waals surface area contributed by atoms with Gasteiger partial charge < -0.3 is 40.3 Å². The maximum atomic E-state index is 11.8. The molecule has 0 aliphatic carbocycles. The van der Waals surface area contributed by atoms with Crippen LogP contribution in [0.2, 0.25) is 0 Å². The molecule has 21 heteroatoms. The molecule has 3 heterocycles. The number of nitrogens with zero attached hydrogens (tertiary/aromatic N) is 4. The number of imidazole rings is 1. The van der Waals surface area contributed by atoms with Crippen LogP contribution in [0.1, 0.15) is 6.23 Å². The molecule has 3 unspecified atom stereocenters. The quantitative estimate of drug-likeness (QED) is 0.197. The van der Waals surface area contributed by atoms with E-state index < -0.39 is 54.6 Å². The smallest absolute Gasteiger partial charge is 0.387 e. The highest BCUT2D eigenvalue weighted by Crippen LogP contribution is 2.66. The predicted molar refractivity (Wildman–Crippen MR) is 95.5 cm³/mol. The molecule has 0 radical (unpaired) electrons. The summed E-state index contributed by atoms with van der Waals surface area (Å²) in [4.78, 5) is 47.2. The SMILES string of the molecule is Nc1ncnc2c1ncn2C1O[C@H](COP(=O)(O)OP(=O)(O)OP(=O)(O)O)[C@H](O)[C@H]1O. The molecule has 31 heavy (non-hydrogen) atoms. The number of phosphoric acid groups is 3. The topological polar surface area (TPSA) is 279 Å². The Morgan fingerprint density at radius 3 is 2.35 bits per heavy atom. The van der Waals surface area contributed by atoms with Crippen LogP contribution in [0.4, 0.5) is 5.82 Å². The molecule has 0 amide bonds. The number of phosphoric ester groups is 1. The third kappa shape index (κ3) is 5.71. The number of aliphatic hydroxyl groups is 2. The molecule has 1 aliphatic heterocycles. The molecule has 1 aliphatic rings. The van der Waals surface area contributed by atoms with E-state index in [1.807, 2.05) is 0 Å². The monoisotopic (exact) mass is 507 g/mol. The zero-order chi connectivity index (χ0) is 23.2. The van der Waals surface area contributed by atoms with Crippen LogP contribution in [0.15, 0.2) is 12.7 Å². The lowest BCUT2D eigenvalue weighted by atomic mass is 10.1. The summed E-state index contributed by atoms with van der Waals surface area (Å²) in [6.45, 7) is -0.956. The van der Waals surface area contributed by atoms with Gasteiger partial charge in [0.1, 0.15) is 30.2 Å². The van der Waals surface area contributed by atoms with Crippen molar-refractivity contribution in [3.8, 4) is 0 Å². The number of fused-ring (bicyclic) bond motifs is 1. The first-order chi connectivity index (χ1) is 14.2. The van der Waals surface area contributed by atoms with Gasteiger partial charge >= 0.3 is 23.5 Å². The van der Waals surface area contributed by atoms with Gasteiger partial charge in [0.2, 0.25) is 0 Å². The van der Waals surface area contributed by atoms with Crippen molar-refractivity contribution >= 4 is 40.4 Å². The van der Waals surface area contributed by atoms with Crippen molar-refractivity contribution < 1.29 is 61.4 Å². The van der Waals surface area contributed by atoms with Crippen molar-refractivity contribution in [2.24, 2.45) is 0 Å². The first kappa shape index (κ1) is 24.3. The largest absolute Gasteiger partial charge is 0.490 e. The second kappa shape index (κ2) is 8.53. The summed E-state index contributed by atoms with van der Waals surface area (Å²) in [5.41, 5.74) is 6.00. The number of rotatable bonds is 8. The second-order valence-corrected chi connectivity index (χ2v) is 10.4. The molecule has 6 atom stereocenters. The van der Waals surface area contributed by atoms with Gasteiger partial charge in [0.15, 0.2) is 17.7 Å². The highest BCUT2D eigenvalue weighted by atomic mass is 31.3. The van der Waals surface area contributed by atoms with E-state index >= 15 is 0 Å². The van der Waals surface area contributed by atoms with E-state index in [0.717, 1.165) is 6.33 Å². The highest BCUT2D eigenvalue weighted by molar-refractivity contribution is 7.66. The van der Waals surface area contributed by atoms with Crippen molar-refractivity contribution in [1.29, 1.82) is 0 Å². The molecular formula is C10H16N5O13P3. The molecule has 0 aromatic carbocycles. The third-order valence-corrected chi connectivity index (χ3v) is 7.62. The van der Waals surface area contributed by atoms with Crippen molar-refractivity contribution in [3.63, 3.8) is 0 Å². The molecule has 3 rings (SSSR count). The van der Waals surface area contributed by atoms with Gasteiger partial charge in [0.25, 0.3) is 0 Å². The summed E-state index contributed by atoms with van der Waals surface area (Å²) in [7, 11) is -16.7. The van der Waals surface area contributed by atoms with Crippen LogP contribution in [-0.4, -0.2) is 74.2 Å². The molecule has 1 saturated heterocycles. The molecular weight excluding hydrogens is 491 g/mol. The highest BCUT2D eigenvalue weighted by Gasteiger charge is 2.47. The molecule has 0 saturated carbocycles. The Morgan fingerprint density at radius 1 is 1.03 bits per heavy atom. The fraction of sp³-hybridized carbons (Fsp3) is 0.500. The molecule has 2 aromatic heterocycles. The average Bonchev–Trinajstić information content (AvgIpc) is 3.13. The Labute approximate surface area is 171 Å². The molecule has 18 nitrogen and oxygen atoms in total. The predicted octanol–water partition coefficient (Wildman–Crippen LogP) is -1.63. The number of ether oxygens (including phenoxy) is 1. The Kier molecular flexibility index (Phi) is 6.68. The third-order valence-electron chi connectivity index (χ3n) is 3.82. The van der Waals surface area contributed by atoms with Crippen LogP contribution in [0.3, 0.4) is 0 Å². The minimum Gasteiger partial charge on any atom is -0.387 e. The first-order valence-electron chi connectivity index (χ1n) is 7.92. The van der Waals surface area contributed by atoms with Gasteiger partial charge in [0, 0.05) is 0 Å². The number of aromatic nitrogens is 4. The van der Waals surface area contributed by atoms with Gasteiger partial charge in [-0.1, -0.05) is 0 Å². The van der Waals surface area contributed by atoms with Crippen LogP contribution in [0.25, 0.3) is 11.2 Å². The molecule has 174 valence electrons.